The Balaban J connectivity index is 2.01. The Kier molecular flexibility index (Phi) is 5.52. The zero-order valence-corrected chi connectivity index (χ0v) is 12.7. The van der Waals surface area contributed by atoms with Crippen molar-refractivity contribution in [2.45, 2.75) is 19.4 Å². The summed E-state index contributed by atoms with van der Waals surface area (Å²) in [7, 11) is 2.11. The monoisotopic (exact) mass is 292 g/mol. The summed E-state index contributed by atoms with van der Waals surface area (Å²) < 4.78 is 0. The van der Waals surface area contributed by atoms with Crippen LogP contribution >= 0.6 is 0 Å². The van der Waals surface area contributed by atoms with Crippen LogP contribution in [0, 0.1) is 0 Å². The summed E-state index contributed by atoms with van der Waals surface area (Å²) in [6.45, 7) is 5.82. The number of carbonyl (C=O) groups is 1. The molecule has 2 heterocycles. The van der Waals surface area contributed by atoms with Gasteiger partial charge in [-0.25, -0.2) is 4.98 Å². The molecule has 0 aliphatic carbocycles. The fraction of sp³-hybridized carbons (Fsp3) is 0.600. The summed E-state index contributed by atoms with van der Waals surface area (Å²) in [5.41, 5.74) is 0.615. The topological polar surface area (TPSA) is 68.7 Å². The highest BCUT2D eigenvalue weighted by molar-refractivity contribution is 5.95. The van der Waals surface area contributed by atoms with Crippen LogP contribution in [0.15, 0.2) is 18.3 Å². The number of anilines is 1. The van der Waals surface area contributed by atoms with Gasteiger partial charge in [-0.15, -0.1) is 0 Å². The lowest BCUT2D eigenvalue weighted by atomic mass is 10.2. The quantitative estimate of drug-likeness (QED) is 0.819. The highest BCUT2D eigenvalue weighted by Gasteiger charge is 2.17. The van der Waals surface area contributed by atoms with E-state index in [1.807, 2.05) is 13.0 Å². The van der Waals surface area contributed by atoms with E-state index in [-0.39, 0.29) is 18.6 Å². The molecule has 6 heteroatoms. The number of likely N-dealkylation sites (N-methyl/N-ethyl adjacent to an activating group) is 1. The van der Waals surface area contributed by atoms with E-state index in [0.717, 1.165) is 32.0 Å². The number of aromatic nitrogens is 1. The molecule has 1 aliphatic heterocycles. The number of nitrogens with zero attached hydrogens (tertiary/aromatic N) is 3. The molecule has 0 saturated carbocycles. The molecule has 0 radical (unpaired) electrons. The van der Waals surface area contributed by atoms with Crippen LogP contribution in [0.2, 0.25) is 0 Å². The minimum atomic E-state index is -0.117. The van der Waals surface area contributed by atoms with E-state index in [9.17, 15) is 4.79 Å². The molecule has 1 aromatic rings. The van der Waals surface area contributed by atoms with E-state index < -0.39 is 0 Å². The number of aliphatic hydroxyl groups excluding tert-OH is 1. The predicted octanol–water partition coefficient (Wildman–Crippen LogP) is 0.334. The van der Waals surface area contributed by atoms with Gasteiger partial charge in [0, 0.05) is 50.6 Å². The third-order valence-electron chi connectivity index (χ3n) is 3.77. The van der Waals surface area contributed by atoms with Crippen LogP contribution in [-0.2, 0) is 0 Å². The molecule has 0 spiro atoms. The molecule has 1 fully saturated rings. The molecular weight excluding hydrogens is 268 g/mol. The summed E-state index contributed by atoms with van der Waals surface area (Å²) in [6, 6.07) is 3.52. The van der Waals surface area contributed by atoms with Crippen LogP contribution in [0.4, 0.5) is 5.82 Å². The summed E-state index contributed by atoms with van der Waals surface area (Å²) in [5.74, 6) is 0.735. The average Bonchev–Trinajstić information content (AvgIpc) is 2.48. The number of amides is 1. The molecule has 0 bridgehead atoms. The molecule has 1 atom stereocenters. The second-order valence-electron chi connectivity index (χ2n) is 5.58. The fourth-order valence-corrected chi connectivity index (χ4v) is 2.34. The Morgan fingerprint density at radius 3 is 2.81 bits per heavy atom. The van der Waals surface area contributed by atoms with E-state index in [0.29, 0.717) is 12.0 Å². The Labute approximate surface area is 125 Å². The zero-order chi connectivity index (χ0) is 15.2. The standard InChI is InChI=1S/C15H24N4O2/c1-12(4-10-20)17-15(21)13-3-5-16-14(11-13)19-8-6-18(2)7-9-19/h3,5,11-12,20H,4,6-10H2,1-2H3,(H,17,21). The molecule has 6 nitrogen and oxygen atoms in total. The predicted molar refractivity (Wildman–Crippen MR) is 82.6 cm³/mol. The lowest BCUT2D eigenvalue weighted by Crippen LogP contribution is -2.44. The van der Waals surface area contributed by atoms with Gasteiger partial charge in [0.15, 0.2) is 0 Å². The van der Waals surface area contributed by atoms with Gasteiger partial charge < -0.3 is 20.2 Å². The first-order chi connectivity index (χ1) is 10.1. The van der Waals surface area contributed by atoms with E-state index in [1.165, 1.54) is 0 Å². The first kappa shape index (κ1) is 15.7. The van der Waals surface area contributed by atoms with Crippen LogP contribution in [0.25, 0.3) is 0 Å². The van der Waals surface area contributed by atoms with Crippen molar-refractivity contribution in [3.63, 3.8) is 0 Å². The van der Waals surface area contributed by atoms with Gasteiger partial charge in [-0.2, -0.15) is 0 Å². The Hall–Kier alpha value is -1.66. The Morgan fingerprint density at radius 2 is 2.14 bits per heavy atom. The maximum atomic E-state index is 12.2. The van der Waals surface area contributed by atoms with Crippen molar-refractivity contribution in [3.8, 4) is 0 Å². The number of carbonyl (C=O) groups excluding carboxylic acids is 1. The Morgan fingerprint density at radius 1 is 1.43 bits per heavy atom. The van der Waals surface area contributed by atoms with Crippen molar-refractivity contribution in [1.29, 1.82) is 0 Å². The molecule has 1 unspecified atom stereocenters. The molecule has 1 aromatic heterocycles. The number of rotatable bonds is 5. The van der Waals surface area contributed by atoms with Crippen LogP contribution in [0.3, 0.4) is 0 Å². The third kappa shape index (κ3) is 4.41. The summed E-state index contributed by atoms with van der Waals surface area (Å²) in [5, 5.41) is 11.8. The summed E-state index contributed by atoms with van der Waals surface area (Å²) in [4.78, 5) is 21.0. The van der Waals surface area contributed by atoms with Crippen molar-refractivity contribution in [3.05, 3.63) is 23.9 Å². The van der Waals surface area contributed by atoms with Gasteiger partial charge >= 0.3 is 0 Å². The van der Waals surface area contributed by atoms with Crippen molar-refractivity contribution in [2.24, 2.45) is 0 Å². The SMILES string of the molecule is CC(CCO)NC(=O)c1ccnc(N2CCN(C)CC2)c1. The number of piperazine rings is 1. The maximum Gasteiger partial charge on any atom is 0.251 e. The first-order valence-electron chi connectivity index (χ1n) is 7.41. The van der Waals surface area contributed by atoms with Gasteiger partial charge in [0.1, 0.15) is 5.82 Å². The smallest absolute Gasteiger partial charge is 0.251 e. The Bertz CT molecular complexity index is 472. The summed E-state index contributed by atoms with van der Waals surface area (Å²) >= 11 is 0. The molecule has 1 amide bonds. The van der Waals surface area contributed by atoms with Crippen LogP contribution in [-0.4, -0.2) is 66.8 Å². The second kappa shape index (κ2) is 7.38. The van der Waals surface area contributed by atoms with Crippen molar-refractivity contribution >= 4 is 11.7 Å². The van der Waals surface area contributed by atoms with Crippen LogP contribution in [0.5, 0.6) is 0 Å². The number of hydrogen-bond donors (Lipinski definition) is 2. The fourth-order valence-electron chi connectivity index (χ4n) is 2.34. The van der Waals surface area contributed by atoms with Gasteiger partial charge in [-0.05, 0) is 32.5 Å². The van der Waals surface area contributed by atoms with Gasteiger partial charge in [0.2, 0.25) is 0 Å². The number of nitrogens with one attached hydrogen (secondary N) is 1. The molecule has 0 aromatic carbocycles. The van der Waals surface area contributed by atoms with Gasteiger partial charge in [-0.1, -0.05) is 0 Å². The molecule has 1 aliphatic rings. The number of pyridine rings is 1. The normalized spacial score (nSPS) is 17.6. The molecule has 21 heavy (non-hydrogen) atoms. The minimum Gasteiger partial charge on any atom is -0.396 e. The van der Waals surface area contributed by atoms with Crippen molar-refractivity contribution < 1.29 is 9.90 Å². The minimum absolute atomic E-state index is 0.0391. The van der Waals surface area contributed by atoms with Crippen molar-refractivity contribution in [1.82, 2.24) is 15.2 Å². The zero-order valence-electron chi connectivity index (χ0n) is 12.7. The molecule has 2 N–H and O–H groups in total. The lowest BCUT2D eigenvalue weighted by Gasteiger charge is -2.33. The maximum absolute atomic E-state index is 12.2. The van der Waals surface area contributed by atoms with Gasteiger partial charge in [-0.3, -0.25) is 4.79 Å². The van der Waals surface area contributed by atoms with Crippen LogP contribution < -0.4 is 10.2 Å². The number of hydrogen-bond acceptors (Lipinski definition) is 5. The first-order valence-corrected chi connectivity index (χ1v) is 7.41. The number of aliphatic hydroxyl groups is 1. The van der Waals surface area contributed by atoms with E-state index in [4.69, 9.17) is 5.11 Å². The second-order valence-corrected chi connectivity index (χ2v) is 5.58. The highest BCUT2D eigenvalue weighted by Crippen LogP contribution is 2.15. The molecular formula is C15H24N4O2. The lowest BCUT2D eigenvalue weighted by molar-refractivity contribution is 0.0934. The van der Waals surface area contributed by atoms with Gasteiger partial charge in [0.05, 0.1) is 0 Å². The van der Waals surface area contributed by atoms with E-state index in [1.54, 1.807) is 12.3 Å². The largest absolute Gasteiger partial charge is 0.396 e. The van der Waals surface area contributed by atoms with Gasteiger partial charge in [0.25, 0.3) is 5.91 Å². The van der Waals surface area contributed by atoms with Crippen molar-refractivity contribution in [2.75, 3.05) is 44.7 Å². The van der Waals surface area contributed by atoms with E-state index in [2.05, 4.69) is 27.1 Å². The summed E-state index contributed by atoms with van der Waals surface area (Å²) in [6.07, 6.45) is 2.24. The average molecular weight is 292 g/mol. The highest BCUT2D eigenvalue weighted by atomic mass is 16.3. The van der Waals surface area contributed by atoms with Crippen LogP contribution in [0.1, 0.15) is 23.7 Å². The third-order valence-corrected chi connectivity index (χ3v) is 3.77. The molecule has 116 valence electrons. The van der Waals surface area contributed by atoms with E-state index >= 15 is 0 Å². The molecule has 2 rings (SSSR count). The molecule has 1 saturated heterocycles.